The van der Waals surface area contributed by atoms with Crippen LogP contribution in [0.1, 0.15) is 21.5 Å². The van der Waals surface area contributed by atoms with Crippen molar-refractivity contribution in [3.8, 4) is 11.8 Å². The van der Waals surface area contributed by atoms with Crippen LogP contribution in [0, 0.1) is 11.8 Å². The highest BCUT2D eigenvalue weighted by atomic mass is 16.2. The molecule has 0 unspecified atom stereocenters. The Bertz CT molecular complexity index is 770. The van der Waals surface area contributed by atoms with Crippen LogP contribution in [0.25, 0.3) is 0 Å². The minimum absolute atomic E-state index is 0.0287. The molecule has 0 radical (unpaired) electrons. The molecule has 0 fully saturated rings. The van der Waals surface area contributed by atoms with Crippen LogP contribution in [0.4, 0.5) is 5.69 Å². The first kappa shape index (κ1) is 12.9. The van der Waals surface area contributed by atoms with Crippen molar-refractivity contribution < 1.29 is 9.59 Å². The second-order valence-electron chi connectivity index (χ2n) is 4.58. The lowest BCUT2D eigenvalue weighted by molar-refractivity contribution is -0.115. The fraction of sp³-hybridized carbons (Fsp3) is 0.0588. The SMILES string of the molecule is O=C1CNC(=O)c2cccc(C#Cc3ccccc3)c2N1. The van der Waals surface area contributed by atoms with E-state index >= 15 is 0 Å². The maximum absolute atomic E-state index is 11.9. The van der Waals surface area contributed by atoms with Crippen LogP contribution in [0.2, 0.25) is 0 Å². The van der Waals surface area contributed by atoms with Crippen molar-refractivity contribution in [2.24, 2.45) is 0 Å². The number of benzene rings is 2. The molecule has 0 atom stereocenters. The van der Waals surface area contributed by atoms with Gasteiger partial charge in [0.2, 0.25) is 5.91 Å². The van der Waals surface area contributed by atoms with Crippen LogP contribution >= 0.6 is 0 Å². The summed E-state index contributed by atoms with van der Waals surface area (Å²) in [6.07, 6.45) is 0. The molecule has 2 aromatic rings. The molecule has 3 rings (SSSR count). The van der Waals surface area contributed by atoms with Gasteiger partial charge in [0, 0.05) is 11.1 Å². The third-order valence-electron chi connectivity index (χ3n) is 3.10. The van der Waals surface area contributed by atoms with Crippen molar-refractivity contribution in [1.82, 2.24) is 5.32 Å². The van der Waals surface area contributed by atoms with Crippen LogP contribution in [-0.4, -0.2) is 18.4 Å². The van der Waals surface area contributed by atoms with Gasteiger partial charge in [-0.25, -0.2) is 0 Å². The topological polar surface area (TPSA) is 58.2 Å². The zero-order valence-electron chi connectivity index (χ0n) is 11.1. The quantitative estimate of drug-likeness (QED) is 0.720. The lowest BCUT2D eigenvalue weighted by Gasteiger charge is -2.07. The zero-order chi connectivity index (χ0) is 14.7. The summed E-state index contributed by atoms with van der Waals surface area (Å²) in [4.78, 5) is 23.6. The first-order chi connectivity index (χ1) is 10.2. The van der Waals surface area contributed by atoms with E-state index in [9.17, 15) is 9.59 Å². The summed E-state index contributed by atoms with van der Waals surface area (Å²) in [5, 5.41) is 5.29. The van der Waals surface area contributed by atoms with Crippen molar-refractivity contribution in [2.45, 2.75) is 0 Å². The number of anilines is 1. The van der Waals surface area contributed by atoms with Crippen LogP contribution in [-0.2, 0) is 4.79 Å². The number of para-hydroxylation sites is 1. The monoisotopic (exact) mass is 276 g/mol. The van der Waals surface area contributed by atoms with Gasteiger partial charge in [0.15, 0.2) is 0 Å². The number of fused-ring (bicyclic) bond motifs is 1. The molecule has 2 N–H and O–H groups in total. The Morgan fingerprint density at radius 2 is 1.71 bits per heavy atom. The Morgan fingerprint density at radius 3 is 2.52 bits per heavy atom. The normalized spacial score (nSPS) is 13.1. The molecule has 0 spiro atoms. The fourth-order valence-electron chi connectivity index (χ4n) is 2.08. The van der Waals surface area contributed by atoms with Crippen molar-refractivity contribution in [3.63, 3.8) is 0 Å². The molecular formula is C17H12N2O2. The van der Waals surface area contributed by atoms with Crippen LogP contribution in [0.3, 0.4) is 0 Å². The Labute approximate surface area is 122 Å². The summed E-state index contributed by atoms with van der Waals surface area (Å²) in [5.41, 5.74) is 2.41. The minimum atomic E-state index is -0.272. The number of rotatable bonds is 0. The molecule has 1 aliphatic heterocycles. The van der Waals surface area contributed by atoms with E-state index in [1.165, 1.54) is 0 Å². The number of hydrogen-bond donors (Lipinski definition) is 2. The van der Waals surface area contributed by atoms with Crippen LogP contribution in [0.15, 0.2) is 48.5 Å². The maximum Gasteiger partial charge on any atom is 0.253 e. The Morgan fingerprint density at radius 1 is 0.905 bits per heavy atom. The summed E-state index contributed by atoms with van der Waals surface area (Å²) in [5.74, 6) is 5.52. The molecule has 21 heavy (non-hydrogen) atoms. The first-order valence-electron chi connectivity index (χ1n) is 6.52. The number of amides is 2. The van der Waals surface area contributed by atoms with Gasteiger partial charge in [-0.15, -0.1) is 0 Å². The number of hydrogen-bond acceptors (Lipinski definition) is 2. The third-order valence-corrected chi connectivity index (χ3v) is 3.10. The van der Waals surface area contributed by atoms with E-state index in [2.05, 4.69) is 22.5 Å². The fourth-order valence-corrected chi connectivity index (χ4v) is 2.08. The lowest BCUT2D eigenvalue weighted by atomic mass is 10.1. The second-order valence-corrected chi connectivity index (χ2v) is 4.58. The highest BCUT2D eigenvalue weighted by molar-refractivity contribution is 6.09. The highest BCUT2D eigenvalue weighted by Crippen LogP contribution is 2.22. The first-order valence-corrected chi connectivity index (χ1v) is 6.52. The van der Waals surface area contributed by atoms with E-state index < -0.39 is 0 Å². The standard InChI is InChI=1S/C17H12N2O2/c20-15-11-18-17(21)14-8-4-7-13(16(14)19-15)10-9-12-5-2-1-3-6-12/h1-8H,11H2,(H,18,21)(H,19,20). The molecule has 0 bridgehead atoms. The van der Waals surface area contributed by atoms with E-state index in [-0.39, 0.29) is 18.4 Å². The summed E-state index contributed by atoms with van der Waals surface area (Å²) in [6, 6.07) is 14.8. The van der Waals surface area contributed by atoms with Gasteiger partial charge in [0.05, 0.1) is 17.8 Å². The van der Waals surface area contributed by atoms with Crippen molar-refractivity contribution >= 4 is 17.5 Å². The molecule has 0 aliphatic carbocycles. The molecule has 1 aliphatic rings. The average Bonchev–Trinajstić information content (AvgIpc) is 2.66. The molecule has 0 saturated carbocycles. The minimum Gasteiger partial charge on any atom is -0.343 e. The molecule has 2 amide bonds. The largest absolute Gasteiger partial charge is 0.343 e. The van der Waals surface area contributed by atoms with Gasteiger partial charge < -0.3 is 10.6 Å². The van der Waals surface area contributed by atoms with Gasteiger partial charge in [0.1, 0.15) is 0 Å². The summed E-state index contributed by atoms with van der Waals surface area (Å²) in [6.45, 7) is -0.0287. The van der Waals surface area contributed by atoms with E-state index in [0.717, 1.165) is 5.56 Å². The Balaban J connectivity index is 2.05. The molecule has 102 valence electrons. The Kier molecular flexibility index (Phi) is 3.40. The smallest absolute Gasteiger partial charge is 0.253 e. The van der Waals surface area contributed by atoms with E-state index in [1.807, 2.05) is 30.3 Å². The average molecular weight is 276 g/mol. The van der Waals surface area contributed by atoms with Crippen molar-refractivity contribution in [2.75, 3.05) is 11.9 Å². The highest BCUT2D eigenvalue weighted by Gasteiger charge is 2.20. The van der Waals surface area contributed by atoms with E-state index in [0.29, 0.717) is 16.8 Å². The van der Waals surface area contributed by atoms with Crippen LogP contribution < -0.4 is 10.6 Å². The van der Waals surface area contributed by atoms with Crippen LogP contribution in [0.5, 0.6) is 0 Å². The summed E-state index contributed by atoms with van der Waals surface area (Å²) < 4.78 is 0. The number of carbonyl (C=O) groups excluding carboxylic acids is 2. The van der Waals surface area contributed by atoms with Crippen molar-refractivity contribution in [3.05, 3.63) is 65.2 Å². The van der Waals surface area contributed by atoms with Gasteiger partial charge in [-0.2, -0.15) is 0 Å². The third kappa shape index (κ3) is 2.77. The van der Waals surface area contributed by atoms with Gasteiger partial charge >= 0.3 is 0 Å². The van der Waals surface area contributed by atoms with Gasteiger partial charge in [0.25, 0.3) is 5.91 Å². The number of carbonyl (C=O) groups is 2. The molecule has 0 saturated heterocycles. The Hall–Kier alpha value is -3.06. The van der Waals surface area contributed by atoms with Gasteiger partial charge in [-0.3, -0.25) is 9.59 Å². The van der Waals surface area contributed by atoms with E-state index in [1.54, 1.807) is 18.2 Å². The molecular weight excluding hydrogens is 264 g/mol. The second kappa shape index (κ2) is 5.51. The molecule has 1 heterocycles. The van der Waals surface area contributed by atoms with Gasteiger partial charge in [-0.05, 0) is 24.3 Å². The zero-order valence-corrected chi connectivity index (χ0v) is 11.1. The predicted octanol–water partition coefficient (Wildman–Crippen LogP) is 1.77. The molecule has 0 aromatic heterocycles. The van der Waals surface area contributed by atoms with Gasteiger partial charge in [-0.1, -0.05) is 36.1 Å². The number of nitrogens with one attached hydrogen (secondary N) is 2. The van der Waals surface area contributed by atoms with Crippen molar-refractivity contribution in [1.29, 1.82) is 0 Å². The lowest BCUT2D eigenvalue weighted by Crippen LogP contribution is -2.28. The predicted molar refractivity (Wildman–Crippen MR) is 79.8 cm³/mol. The maximum atomic E-state index is 11.9. The molecule has 2 aromatic carbocycles. The molecule has 4 nitrogen and oxygen atoms in total. The summed E-state index contributed by atoms with van der Waals surface area (Å²) in [7, 11) is 0. The van der Waals surface area contributed by atoms with E-state index in [4.69, 9.17) is 0 Å². The summed E-state index contributed by atoms with van der Waals surface area (Å²) >= 11 is 0. The molecule has 4 heteroatoms.